The summed E-state index contributed by atoms with van der Waals surface area (Å²) in [5.41, 5.74) is 8.48. The molecule has 1 aromatic heterocycles. The van der Waals surface area contributed by atoms with Crippen LogP contribution in [0, 0.1) is 0 Å². The first-order valence-corrected chi connectivity index (χ1v) is 9.23. The summed E-state index contributed by atoms with van der Waals surface area (Å²) in [6, 6.07) is 14.8. The zero-order chi connectivity index (χ0) is 20.2. The van der Waals surface area contributed by atoms with E-state index in [1.807, 2.05) is 24.3 Å². The van der Waals surface area contributed by atoms with Gasteiger partial charge in [-0.05, 0) is 29.7 Å². The predicted octanol–water partition coefficient (Wildman–Crippen LogP) is 2.28. The average Bonchev–Trinajstić information content (AvgIpc) is 2.86. The van der Waals surface area contributed by atoms with Crippen molar-refractivity contribution in [2.75, 3.05) is 6.54 Å². The van der Waals surface area contributed by atoms with Crippen molar-refractivity contribution in [2.24, 2.45) is 10.7 Å². The molecule has 0 spiro atoms. The fraction of sp³-hybridized carbons (Fsp3) is 0.136. The van der Waals surface area contributed by atoms with Gasteiger partial charge in [-0.15, -0.1) is 0 Å². The third-order valence-corrected chi connectivity index (χ3v) is 4.73. The Morgan fingerprint density at radius 2 is 1.79 bits per heavy atom. The zero-order valence-electron chi connectivity index (χ0n) is 15.7. The molecule has 7 heteroatoms. The monoisotopic (exact) mass is 385 g/mol. The molecule has 2 amide bonds. The molecule has 0 fully saturated rings. The highest BCUT2D eigenvalue weighted by molar-refractivity contribution is 6.10. The number of hydrogen-bond acceptors (Lipinski definition) is 5. The first-order chi connectivity index (χ1) is 14.1. The van der Waals surface area contributed by atoms with Crippen molar-refractivity contribution < 1.29 is 9.59 Å². The summed E-state index contributed by atoms with van der Waals surface area (Å²) in [6.07, 6.45) is 5.56. The Bertz CT molecular complexity index is 1080. The van der Waals surface area contributed by atoms with E-state index in [2.05, 4.69) is 15.0 Å². The number of amides is 2. The highest BCUT2D eigenvalue weighted by Crippen LogP contribution is 2.18. The number of nitrogens with two attached hydrogens (primary N) is 1. The van der Waals surface area contributed by atoms with Crippen LogP contribution in [0.1, 0.15) is 27.0 Å². The quantitative estimate of drug-likeness (QED) is 0.552. The molecule has 2 N–H and O–H groups in total. The van der Waals surface area contributed by atoms with Gasteiger partial charge in [0.1, 0.15) is 5.84 Å². The summed E-state index contributed by atoms with van der Waals surface area (Å²) in [7, 11) is 0. The number of carbonyl (C=O) groups excluding carboxylic acids is 2. The van der Waals surface area contributed by atoms with Gasteiger partial charge in [-0.3, -0.25) is 19.5 Å². The van der Waals surface area contributed by atoms with E-state index in [-0.39, 0.29) is 12.3 Å². The van der Waals surface area contributed by atoms with Crippen molar-refractivity contribution in [1.29, 1.82) is 0 Å². The molecule has 2 aliphatic rings. The largest absolute Gasteiger partial charge is 0.366 e. The zero-order valence-corrected chi connectivity index (χ0v) is 15.7. The Morgan fingerprint density at radius 1 is 1.03 bits per heavy atom. The molecular weight excluding hydrogens is 366 g/mol. The van der Waals surface area contributed by atoms with Crippen LogP contribution in [0.5, 0.6) is 0 Å². The van der Waals surface area contributed by atoms with Gasteiger partial charge in [0.2, 0.25) is 11.8 Å². The second-order valence-electron chi connectivity index (χ2n) is 6.73. The number of aliphatic imine (C=N–C) groups is 1. The number of rotatable bonds is 3. The smallest absolute Gasteiger partial charge is 0.248 e. The minimum absolute atomic E-state index is 0.0791. The first kappa shape index (κ1) is 18.5. The molecule has 2 bridgehead atoms. The number of primary amides is 1. The lowest BCUT2D eigenvalue weighted by molar-refractivity contribution is -0.126. The van der Waals surface area contributed by atoms with Gasteiger partial charge in [-0.2, -0.15) is 0 Å². The summed E-state index contributed by atoms with van der Waals surface area (Å²) >= 11 is 0. The Balaban J connectivity index is 1.81. The lowest BCUT2D eigenvalue weighted by atomic mass is 10.1. The molecule has 2 aromatic carbocycles. The van der Waals surface area contributed by atoms with Gasteiger partial charge in [0.25, 0.3) is 0 Å². The Hall–Kier alpha value is -3.87. The van der Waals surface area contributed by atoms with Gasteiger partial charge in [-0.25, -0.2) is 9.98 Å². The maximum Gasteiger partial charge on any atom is 0.248 e. The van der Waals surface area contributed by atoms with Crippen LogP contribution >= 0.6 is 0 Å². The Kier molecular flexibility index (Phi) is 5.11. The number of benzene rings is 2. The van der Waals surface area contributed by atoms with Crippen LogP contribution in [0.2, 0.25) is 0 Å². The number of carbonyl (C=O) groups is 2. The SMILES string of the molecule is NC(=O)c1cccc(C(=Nc2cnccn2)N2CCc3ccc(cc3)CC2=O)c1. The number of aromatic nitrogens is 2. The predicted molar refractivity (Wildman–Crippen MR) is 109 cm³/mol. The van der Waals surface area contributed by atoms with Crippen molar-refractivity contribution in [3.63, 3.8) is 0 Å². The van der Waals surface area contributed by atoms with Crippen LogP contribution < -0.4 is 5.73 Å². The molecule has 0 saturated heterocycles. The summed E-state index contributed by atoms with van der Waals surface area (Å²) < 4.78 is 0. The molecule has 2 aliphatic heterocycles. The molecule has 5 rings (SSSR count). The molecule has 0 unspecified atom stereocenters. The fourth-order valence-electron chi connectivity index (χ4n) is 3.23. The van der Waals surface area contributed by atoms with E-state index in [4.69, 9.17) is 5.73 Å². The van der Waals surface area contributed by atoms with Gasteiger partial charge in [0, 0.05) is 30.1 Å². The summed E-state index contributed by atoms with van der Waals surface area (Å²) in [6.45, 7) is 0.454. The normalized spacial score (nSPS) is 14.3. The van der Waals surface area contributed by atoms with E-state index in [0.29, 0.717) is 35.7 Å². The minimum atomic E-state index is -0.543. The van der Waals surface area contributed by atoms with Crippen molar-refractivity contribution in [2.45, 2.75) is 12.8 Å². The van der Waals surface area contributed by atoms with Crippen LogP contribution in [-0.2, 0) is 17.6 Å². The third-order valence-electron chi connectivity index (χ3n) is 4.73. The van der Waals surface area contributed by atoms with Crippen LogP contribution in [0.4, 0.5) is 5.82 Å². The van der Waals surface area contributed by atoms with E-state index in [1.165, 1.54) is 12.4 Å². The van der Waals surface area contributed by atoms with Crippen molar-refractivity contribution in [3.05, 3.63) is 89.4 Å². The number of nitrogens with zero attached hydrogens (tertiary/aromatic N) is 4. The second-order valence-corrected chi connectivity index (χ2v) is 6.73. The topological polar surface area (TPSA) is 102 Å². The fourth-order valence-corrected chi connectivity index (χ4v) is 3.23. The molecule has 29 heavy (non-hydrogen) atoms. The van der Waals surface area contributed by atoms with Crippen molar-refractivity contribution in [1.82, 2.24) is 14.9 Å². The average molecular weight is 385 g/mol. The molecule has 0 atom stereocenters. The van der Waals surface area contributed by atoms with Gasteiger partial charge in [0.15, 0.2) is 5.82 Å². The van der Waals surface area contributed by atoms with Crippen molar-refractivity contribution in [3.8, 4) is 0 Å². The maximum atomic E-state index is 13.2. The first-order valence-electron chi connectivity index (χ1n) is 9.23. The molecule has 0 radical (unpaired) electrons. The van der Waals surface area contributed by atoms with E-state index < -0.39 is 5.91 Å². The minimum Gasteiger partial charge on any atom is -0.366 e. The van der Waals surface area contributed by atoms with Gasteiger partial charge in [0.05, 0.1) is 12.6 Å². The highest BCUT2D eigenvalue weighted by atomic mass is 16.2. The van der Waals surface area contributed by atoms with E-state index in [1.54, 1.807) is 35.4 Å². The summed E-state index contributed by atoms with van der Waals surface area (Å²) in [5.74, 6) is 0.170. The highest BCUT2D eigenvalue weighted by Gasteiger charge is 2.23. The maximum absolute atomic E-state index is 13.2. The van der Waals surface area contributed by atoms with E-state index in [9.17, 15) is 9.59 Å². The van der Waals surface area contributed by atoms with Crippen molar-refractivity contribution >= 4 is 23.5 Å². The van der Waals surface area contributed by atoms with Crippen LogP contribution in [-0.4, -0.2) is 39.1 Å². The number of amidine groups is 1. The van der Waals surface area contributed by atoms with Gasteiger partial charge in [-0.1, -0.05) is 36.4 Å². The van der Waals surface area contributed by atoms with Crippen LogP contribution in [0.15, 0.2) is 72.1 Å². The molecule has 0 aliphatic carbocycles. The summed E-state index contributed by atoms with van der Waals surface area (Å²) in [4.78, 5) is 39.3. The second kappa shape index (κ2) is 8.02. The standard InChI is InChI=1S/C22H19N5O2/c23-21(29)17-2-1-3-18(13-17)22(26-19-14-24-9-10-25-19)27-11-8-15-4-6-16(7-5-15)12-20(27)28/h1-7,9-10,13-14H,8,11-12H2,(H2,23,29). The number of hydrogen-bond donors (Lipinski definition) is 1. The number of fused-ring (bicyclic) bond motifs is 6. The Labute approximate surface area is 167 Å². The third kappa shape index (κ3) is 4.19. The molecule has 3 aromatic rings. The molecule has 0 saturated carbocycles. The summed E-state index contributed by atoms with van der Waals surface area (Å²) in [5, 5.41) is 0. The molecule has 144 valence electrons. The molecule has 7 nitrogen and oxygen atoms in total. The molecular formula is C22H19N5O2. The Morgan fingerprint density at radius 3 is 2.52 bits per heavy atom. The van der Waals surface area contributed by atoms with E-state index in [0.717, 1.165) is 11.1 Å². The van der Waals surface area contributed by atoms with E-state index >= 15 is 0 Å². The van der Waals surface area contributed by atoms with Crippen LogP contribution in [0.25, 0.3) is 0 Å². The van der Waals surface area contributed by atoms with Gasteiger partial charge >= 0.3 is 0 Å². The lowest BCUT2D eigenvalue weighted by Gasteiger charge is -2.24. The lowest BCUT2D eigenvalue weighted by Crippen LogP contribution is -2.39. The van der Waals surface area contributed by atoms with Gasteiger partial charge < -0.3 is 5.73 Å². The van der Waals surface area contributed by atoms with Crippen LogP contribution in [0.3, 0.4) is 0 Å². The molecule has 3 heterocycles.